The fraction of sp³-hybridized carbons (Fsp3) is 0.429. The van der Waals surface area contributed by atoms with E-state index in [2.05, 4.69) is 17.0 Å². The first-order valence-corrected chi connectivity index (χ1v) is 6.19. The van der Waals surface area contributed by atoms with Crippen LogP contribution in [0, 0.1) is 0 Å². The van der Waals surface area contributed by atoms with Gasteiger partial charge in [0, 0.05) is 11.5 Å². The molecule has 102 valence electrons. The molecule has 1 N–H and O–H groups in total. The quantitative estimate of drug-likeness (QED) is 0.839. The van der Waals surface area contributed by atoms with Crippen LogP contribution in [-0.2, 0) is 9.53 Å². The summed E-state index contributed by atoms with van der Waals surface area (Å²) < 4.78 is 10.2. The number of hydrogen-bond donors (Lipinski definition) is 1. The molecule has 5 nitrogen and oxygen atoms in total. The summed E-state index contributed by atoms with van der Waals surface area (Å²) in [5.41, 5.74) is 1.48. The molecule has 0 saturated carbocycles. The summed E-state index contributed by atoms with van der Waals surface area (Å²) in [6.07, 6.45) is 0.0459. The van der Waals surface area contributed by atoms with E-state index in [1.54, 1.807) is 6.07 Å². The van der Waals surface area contributed by atoms with Crippen molar-refractivity contribution in [2.45, 2.75) is 25.9 Å². The van der Waals surface area contributed by atoms with Crippen LogP contribution in [0.2, 0.25) is 0 Å². The molecule has 0 saturated heterocycles. The van der Waals surface area contributed by atoms with Crippen molar-refractivity contribution in [3.8, 4) is 5.75 Å². The minimum atomic E-state index is -0.483. The largest absolute Gasteiger partial charge is 0.489 e. The number of carbonyl (C=O) groups is 2. The van der Waals surface area contributed by atoms with Crippen LogP contribution in [0.1, 0.15) is 35.7 Å². The lowest BCUT2D eigenvalue weighted by atomic mass is 9.97. The first-order chi connectivity index (χ1) is 9.04. The Balaban J connectivity index is 2.18. The summed E-state index contributed by atoms with van der Waals surface area (Å²) in [6.45, 7) is 3.89. The van der Waals surface area contributed by atoms with E-state index in [0.717, 1.165) is 5.56 Å². The van der Waals surface area contributed by atoms with Gasteiger partial charge in [0.15, 0.2) is 0 Å². The molecule has 1 aliphatic rings. The van der Waals surface area contributed by atoms with Crippen molar-refractivity contribution in [1.82, 2.24) is 5.32 Å². The first kappa shape index (κ1) is 13.4. The number of para-hydroxylation sites is 1. The summed E-state index contributed by atoms with van der Waals surface area (Å²) in [5, 5.41) is 2.52. The van der Waals surface area contributed by atoms with Gasteiger partial charge in [0.25, 0.3) is 5.91 Å². The highest BCUT2D eigenvalue weighted by Crippen LogP contribution is 2.40. The van der Waals surface area contributed by atoms with Crippen LogP contribution < -0.4 is 10.1 Å². The topological polar surface area (TPSA) is 64.6 Å². The Hall–Kier alpha value is -2.04. The SMILES string of the molecule is COC(=O)CNC(=O)c1cccc2c1OC(C)C2C. The van der Waals surface area contributed by atoms with Crippen LogP contribution in [0.25, 0.3) is 0 Å². The first-order valence-electron chi connectivity index (χ1n) is 6.19. The third kappa shape index (κ3) is 2.54. The van der Waals surface area contributed by atoms with Crippen LogP contribution in [0.4, 0.5) is 0 Å². The lowest BCUT2D eigenvalue weighted by Crippen LogP contribution is -2.30. The third-order valence-corrected chi connectivity index (χ3v) is 3.41. The Bertz CT molecular complexity index is 512. The predicted molar refractivity (Wildman–Crippen MR) is 69.3 cm³/mol. The summed E-state index contributed by atoms with van der Waals surface area (Å²) in [6, 6.07) is 5.47. The Kier molecular flexibility index (Phi) is 3.74. The monoisotopic (exact) mass is 263 g/mol. The van der Waals surface area contributed by atoms with Crippen molar-refractivity contribution >= 4 is 11.9 Å². The third-order valence-electron chi connectivity index (χ3n) is 3.41. The van der Waals surface area contributed by atoms with E-state index >= 15 is 0 Å². The van der Waals surface area contributed by atoms with Crippen molar-refractivity contribution in [2.75, 3.05) is 13.7 Å². The molecule has 0 fully saturated rings. The van der Waals surface area contributed by atoms with Gasteiger partial charge in [-0.2, -0.15) is 0 Å². The van der Waals surface area contributed by atoms with Crippen molar-refractivity contribution in [3.63, 3.8) is 0 Å². The summed E-state index contributed by atoms with van der Waals surface area (Å²) in [7, 11) is 1.28. The summed E-state index contributed by atoms with van der Waals surface area (Å²) >= 11 is 0. The number of nitrogens with one attached hydrogen (secondary N) is 1. The number of esters is 1. The van der Waals surface area contributed by atoms with Gasteiger partial charge in [-0.05, 0) is 13.0 Å². The Labute approximate surface area is 111 Å². The van der Waals surface area contributed by atoms with Gasteiger partial charge in [0.2, 0.25) is 0 Å². The zero-order valence-corrected chi connectivity index (χ0v) is 11.2. The molecule has 19 heavy (non-hydrogen) atoms. The number of fused-ring (bicyclic) bond motifs is 1. The minimum absolute atomic E-state index is 0.0459. The molecular weight excluding hydrogens is 246 g/mol. The predicted octanol–water partition coefficient (Wildman–Crippen LogP) is 1.47. The van der Waals surface area contributed by atoms with Gasteiger partial charge in [0.05, 0.1) is 12.7 Å². The van der Waals surface area contributed by atoms with Gasteiger partial charge in [0.1, 0.15) is 18.4 Å². The smallest absolute Gasteiger partial charge is 0.325 e. The van der Waals surface area contributed by atoms with E-state index in [-0.39, 0.29) is 24.5 Å². The lowest BCUT2D eigenvalue weighted by molar-refractivity contribution is -0.139. The molecule has 0 aliphatic carbocycles. The second-order valence-electron chi connectivity index (χ2n) is 4.59. The number of benzene rings is 1. The molecule has 1 aromatic carbocycles. The maximum atomic E-state index is 12.0. The second kappa shape index (κ2) is 5.30. The molecular formula is C14H17NO4. The molecule has 0 radical (unpaired) electrons. The molecule has 0 aromatic heterocycles. The number of rotatable bonds is 3. The maximum Gasteiger partial charge on any atom is 0.325 e. The highest BCUT2D eigenvalue weighted by molar-refractivity contribution is 5.99. The number of carbonyl (C=O) groups excluding carboxylic acids is 2. The standard InChI is InChI=1S/C14H17NO4/c1-8-9(2)19-13-10(8)5-4-6-11(13)14(17)15-7-12(16)18-3/h4-6,8-9H,7H2,1-3H3,(H,15,17). The van der Waals surface area contributed by atoms with Crippen LogP contribution in [0.15, 0.2) is 18.2 Å². The highest BCUT2D eigenvalue weighted by atomic mass is 16.5. The van der Waals surface area contributed by atoms with E-state index in [1.807, 2.05) is 19.1 Å². The minimum Gasteiger partial charge on any atom is -0.489 e. The average Bonchev–Trinajstić information content (AvgIpc) is 2.71. The van der Waals surface area contributed by atoms with Crippen LogP contribution in [0.5, 0.6) is 5.75 Å². The van der Waals surface area contributed by atoms with Gasteiger partial charge < -0.3 is 14.8 Å². The van der Waals surface area contributed by atoms with Crippen LogP contribution in [0.3, 0.4) is 0 Å². The van der Waals surface area contributed by atoms with Crippen molar-refractivity contribution in [2.24, 2.45) is 0 Å². The second-order valence-corrected chi connectivity index (χ2v) is 4.59. The van der Waals surface area contributed by atoms with Gasteiger partial charge in [-0.25, -0.2) is 0 Å². The Morgan fingerprint density at radius 1 is 1.37 bits per heavy atom. The number of methoxy groups -OCH3 is 1. The Morgan fingerprint density at radius 3 is 2.79 bits per heavy atom. The fourth-order valence-electron chi connectivity index (χ4n) is 2.08. The van der Waals surface area contributed by atoms with Crippen LogP contribution >= 0.6 is 0 Å². The molecule has 1 amide bonds. The molecule has 1 aromatic rings. The Morgan fingerprint density at radius 2 is 2.11 bits per heavy atom. The van der Waals surface area contributed by atoms with E-state index in [4.69, 9.17) is 4.74 Å². The molecule has 1 aliphatic heterocycles. The molecule has 2 atom stereocenters. The van der Waals surface area contributed by atoms with E-state index in [9.17, 15) is 9.59 Å². The molecule has 2 unspecified atom stereocenters. The number of ether oxygens (including phenoxy) is 2. The number of hydrogen-bond acceptors (Lipinski definition) is 4. The van der Waals surface area contributed by atoms with E-state index < -0.39 is 5.97 Å². The van der Waals surface area contributed by atoms with Gasteiger partial charge in [-0.3, -0.25) is 9.59 Å². The van der Waals surface area contributed by atoms with E-state index in [1.165, 1.54) is 7.11 Å². The highest BCUT2D eigenvalue weighted by Gasteiger charge is 2.31. The average molecular weight is 263 g/mol. The molecule has 0 spiro atoms. The zero-order chi connectivity index (χ0) is 14.0. The van der Waals surface area contributed by atoms with Gasteiger partial charge in [-0.1, -0.05) is 19.1 Å². The van der Waals surface area contributed by atoms with Gasteiger partial charge in [-0.15, -0.1) is 0 Å². The number of amides is 1. The maximum absolute atomic E-state index is 12.0. The molecule has 2 rings (SSSR count). The molecule has 1 heterocycles. The normalized spacial score (nSPS) is 20.4. The van der Waals surface area contributed by atoms with Crippen LogP contribution in [-0.4, -0.2) is 31.6 Å². The lowest BCUT2D eigenvalue weighted by Gasteiger charge is -2.09. The molecule has 5 heteroatoms. The zero-order valence-electron chi connectivity index (χ0n) is 11.2. The van der Waals surface area contributed by atoms with Crippen molar-refractivity contribution in [3.05, 3.63) is 29.3 Å². The fourth-order valence-corrected chi connectivity index (χ4v) is 2.08. The van der Waals surface area contributed by atoms with Gasteiger partial charge >= 0.3 is 5.97 Å². The van der Waals surface area contributed by atoms with Crippen molar-refractivity contribution < 1.29 is 19.1 Å². The van der Waals surface area contributed by atoms with Crippen molar-refractivity contribution in [1.29, 1.82) is 0 Å². The van der Waals surface area contributed by atoms with E-state index in [0.29, 0.717) is 11.3 Å². The molecule has 0 bridgehead atoms. The summed E-state index contributed by atoms with van der Waals surface area (Å²) in [4.78, 5) is 23.1. The summed E-state index contributed by atoms with van der Waals surface area (Å²) in [5.74, 6) is 0.0559.